The Balaban J connectivity index is 1.52. The lowest BCUT2D eigenvalue weighted by atomic mass is 10.1. The third kappa shape index (κ3) is 5.46. The van der Waals surface area contributed by atoms with Crippen LogP contribution < -0.4 is 15.5 Å². The fraction of sp³-hybridized carbons (Fsp3) is 0.0769. The van der Waals surface area contributed by atoms with Gasteiger partial charge in [-0.05, 0) is 55.5 Å². The summed E-state index contributed by atoms with van der Waals surface area (Å²) in [7, 11) is 0. The molecule has 8 nitrogen and oxygen atoms in total. The highest BCUT2D eigenvalue weighted by Crippen LogP contribution is 2.37. The van der Waals surface area contributed by atoms with Crippen LogP contribution in [0.1, 0.15) is 27.6 Å². The van der Waals surface area contributed by atoms with Gasteiger partial charge in [-0.2, -0.15) is 0 Å². The van der Waals surface area contributed by atoms with Gasteiger partial charge in [0, 0.05) is 16.9 Å². The van der Waals surface area contributed by atoms with Crippen molar-refractivity contribution in [3.05, 3.63) is 98.6 Å². The summed E-state index contributed by atoms with van der Waals surface area (Å²) < 4.78 is 4.98. The molecule has 0 aromatic heterocycles. The zero-order valence-electron chi connectivity index (χ0n) is 19.2. The predicted molar refractivity (Wildman–Crippen MR) is 142 cm³/mol. The zero-order valence-corrected chi connectivity index (χ0v) is 21.4. The van der Waals surface area contributed by atoms with E-state index in [-0.39, 0.29) is 38.6 Å². The Morgan fingerprint density at radius 2 is 1.51 bits per heavy atom. The van der Waals surface area contributed by atoms with Crippen LogP contribution in [0.4, 0.5) is 17.1 Å². The van der Waals surface area contributed by atoms with Gasteiger partial charge < -0.3 is 15.4 Å². The summed E-state index contributed by atoms with van der Waals surface area (Å²) >= 11 is 18.4. The number of nitrogens with one attached hydrogen (secondary N) is 2. The number of esters is 1. The van der Waals surface area contributed by atoms with E-state index in [0.29, 0.717) is 16.9 Å². The summed E-state index contributed by atoms with van der Waals surface area (Å²) in [5.41, 5.74) is 1.19. The molecular formula is C26H18Cl3N3O5. The molecule has 0 saturated carbocycles. The quantitative estimate of drug-likeness (QED) is 0.278. The molecule has 37 heavy (non-hydrogen) atoms. The topological polar surface area (TPSA) is 105 Å². The number of anilines is 3. The highest BCUT2D eigenvalue weighted by atomic mass is 35.5. The van der Waals surface area contributed by atoms with Gasteiger partial charge in [0.25, 0.3) is 17.7 Å². The van der Waals surface area contributed by atoms with Crippen molar-refractivity contribution in [2.45, 2.75) is 6.92 Å². The van der Waals surface area contributed by atoms with Gasteiger partial charge in [0.2, 0.25) is 0 Å². The Hall–Kier alpha value is -3.85. The van der Waals surface area contributed by atoms with Crippen molar-refractivity contribution in [1.82, 2.24) is 0 Å². The lowest BCUT2D eigenvalue weighted by molar-refractivity contribution is -0.120. The maximum atomic E-state index is 13.1. The monoisotopic (exact) mass is 557 g/mol. The summed E-state index contributed by atoms with van der Waals surface area (Å²) in [6.45, 7) is 1.93. The van der Waals surface area contributed by atoms with Crippen LogP contribution in [0, 0.1) is 0 Å². The Morgan fingerprint density at radius 1 is 0.865 bits per heavy atom. The normalized spacial score (nSPS) is 13.1. The first-order valence-corrected chi connectivity index (χ1v) is 12.0. The van der Waals surface area contributed by atoms with Crippen LogP contribution in [0.25, 0.3) is 0 Å². The van der Waals surface area contributed by atoms with Crippen LogP contribution in [0.5, 0.6) is 0 Å². The van der Waals surface area contributed by atoms with Crippen molar-refractivity contribution in [2.24, 2.45) is 0 Å². The first kappa shape index (κ1) is 26.2. The summed E-state index contributed by atoms with van der Waals surface area (Å²) in [5.74, 6) is -2.47. The minimum absolute atomic E-state index is 0.0299. The van der Waals surface area contributed by atoms with Gasteiger partial charge in [-0.3, -0.25) is 14.4 Å². The predicted octanol–water partition coefficient (Wildman–Crippen LogP) is 5.86. The second-order valence-corrected chi connectivity index (χ2v) is 8.83. The molecule has 2 N–H and O–H groups in total. The van der Waals surface area contributed by atoms with Crippen molar-refractivity contribution in [1.29, 1.82) is 0 Å². The van der Waals surface area contributed by atoms with Gasteiger partial charge in [0.05, 0.1) is 27.9 Å². The van der Waals surface area contributed by atoms with Crippen LogP contribution >= 0.6 is 34.8 Å². The van der Waals surface area contributed by atoms with E-state index in [2.05, 4.69) is 10.6 Å². The summed E-state index contributed by atoms with van der Waals surface area (Å²) in [6.07, 6.45) is 0. The molecule has 1 aliphatic heterocycles. The van der Waals surface area contributed by atoms with E-state index in [1.54, 1.807) is 49.4 Å². The van der Waals surface area contributed by atoms with E-state index in [0.717, 1.165) is 4.90 Å². The van der Waals surface area contributed by atoms with E-state index in [1.807, 2.05) is 0 Å². The average Bonchev–Trinajstić information content (AvgIpc) is 3.09. The Morgan fingerprint density at radius 3 is 2.24 bits per heavy atom. The van der Waals surface area contributed by atoms with Crippen molar-refractivity contribution < 1.29 is 23.9 Å². The molecule has 0 saturated heterocycles. The molecule has 0 atom stereocenters. The molecule has 4 rings (SSSR count). The lowest BCUT2D eigenvalue weighted by Crippen LogP contribution is -2.32. The molecule has 1 aliphatic rings. The number of halogens is 3. The number of benzene rings is 3. The molecule has 1 heterocycles. The number of hydrogen-bond donors (Lipinski definition) is 2. The van der Waals surface area contributed by atoms with Crippen LogP contribution in [0.3, 0.4) is 0 Å². The maximum absolute atomic E-state index is 13.1. The molecule has 0 fully saturated rings. The number of ether oxygens (including phenoxy) is 1. The molecule has 0 bridgehead atoms. The number of carbonyl (C=O) groups excluding carboxylic acids is 4. The van der Waals surface area contributed by atoms with E-state index >= 15 is 0 Å². The highest BCUT2D eigenvalue weighted by Gasteiger charge is 2.40. The van der Waals surface area contributed by atoms with Gasteiger partial charge in [-0.15, -0.1) is 0 Å². The van der Waals surface area contributed by atoms with E-state index in [4.69, 9.17) is 39.5 Å². The van der Waals surface area contributed by atoms with Gasteiger partial charge in [0.1, 0.15) is 10.7 Å². The van der Waals surface area contributed by atoms with Gasteiger partial charge in [-0.25, -0.2) is 9.69 Å². The third-order valence-electron chi connectivity index (χ3n) is 5.23. The number of nitrogens with zero attached hydrogens (tertiary/aromatic N) is 1. The van der Waals surface area contributed by atoms with Crippen LogP contribution in [-0.2, 0) is 14.3 Å². The third-order valence-corrected chi connectivity index (χ3v) is 6.38. The molecule has 0 radical (unpaired) electrons. The molecule has 0 spiro atoms. The maximum Gasteiger partial charge on any atom is 0.338 e. The average molecular weight is 559 g/mol. The Kier molecular flexibility index (Phi) is 7.83. The van der Waals surface area contributed by atoms with Crippen molar-refractivity contribution in [3.63, 3.8) is 0 Å². The molecular weight excluding hydrogens is 541 g/mol. The van der Waals surface area contributed by atoms with Crippen LogP contribution in [0.15, 0.2) is 77.5 Å². The molecule has 3 amide bonds. The van der Waals surface area contributed by atoms with E-state index in [9.17, 15) is 19.2 Å². The molecule has 3 aromatic rings. The first-order chi connectivity index (χ1) is 17.7. The first-order valence-electron chi connectivity index (χ1n) is 10.9. The second kappa shape index (κ2) is 11.0. The van der Waals surface area contributed by atoms with Gasteiger partial charge in [0.15, 0.2) is 0 Å². The molecule has 188 valence electrons. The largest absolute Gasteiger partial charge is 0.462 e. The fourth-order valence-corrected chi connectivity index (χ4v) is 4.11. The highest BCUT2D eigenvalue weighted by molar-refractivity contribution is 6.54. The fourth-order valence-electron chi connectivity index (χ4n) is 3.52. The Bertz CT molecular complexity index is 1470. The molecule has 0 unspecified atom stereocenters. The van der Waals surface area contributed by atoms with E-state index in [1.165, 1.54) is 24.3 Å². The standard InChI is InChI=1S/C26H18Cl3N3O5/c1-2-37-26(36)15-7-4-9-17(13-15)31-23(33)14-6-3-8-16(12-14)30-22-21(29)24(34)32(25(22)35)19-11-5-10-18(27)20(19)28/h3-13,30H,2H2,1H3,(H,31,33). The van der Waals surface area contributed by atoms with Crippen LogP contribution in [-0.4, -0.2) is 30.3 Å². The molecule has 0 aliphatic carbocycles. The minimum atomic E-state index is -0.770. The zero-order chi connectivity index (χ0) is 26.7. The number of imide groups is 1. The Labute approximate surface area is 226 Å². The number of rotatable bonds is 7. The second-order valence-electron chi connectivity index (χ2n) is 7.67. The van der Waals surface area contributed by atoms with Crippen molar-refractivity contribution in [3.8, 4) is 0 Å². The molecule has 11 heteroatoms. The summed E-state index contributed by atoms with van der Waals surface area (Å²) in [5, 5.41) is 5.39. The summed E-state index contributed by atoms with van der Waals surface area (Å²) in [6, 6.07) is 17.1. The van der Waals surface area contributed by atoms with E-state index < -0.39 is 23.7 Å². The number of hydrogen-bond acceptors (Lipinski definition) is 6. The smallest absolute Gasteiger partial charge is 0.338 e. The SMILES string of the molecule is CCOC(=O)c1cccc(NC(=O)c2cccc(NC3=C(Cl)C(=O)N(c4cccc(Cl)c4Cl)C3=O)c2)c1. The lowest BCUT2D eigenvalue weighted by Gasteiger charge is -2.17. The van der Waals surface area contributed by atoms with Crippen molar-refractivity contribution >= 4 is 75.6 Å². The van der Waals surface area contributed by atoms with Crippen molar-refractivity contribution in [2.75, 3.05) is 22.1 Å². The minimum Gasteiger partial charge on any atom is -0.462 e. The van der Waals surface area contributed by atoms with Gasteiger partial charge >= 0.3 is 5.97 Å². The molecule has 3 aromatic carbocycles. The van der Waals surface area contributed by atoms with Gasteiger partial charge in [-0.1, -0.05) is 53.0 Å². The number of amides is 3. The number of carbonyl (C=O) groups is 4. The van der Waals surface area contributed by atoms with Crippen LogP contribution in [0.2, 0.25) is 10.0 Å². The summed E-state index contributed by atoms with van der Waals surface area (Å²) in [4.78, 5) is 51.5.